The molecule has 0 aromatic rings. The molecule has 0 amide bonds. The van der Waals surface area contributed by atoms with Gasteiger partial charge < -0.3 is 29.7 Å². The minimum absolute atomic E-state index is 0. The zero-order valence-electron chi connectivity index (χ0n) is 22.6. The van der Waals surface area contributed by atoms with Gasteiger partial charge in [0, 0.05) is 34.2 Å². The molecule has 0 saturated carbocycles. The molecule has 33 heavy (non-hydrogen) atoms. The second-order valence-corrected chi connectivity index (χ2v) is 11.1. The minimum atomic E-state index is 0. The fourth-order valence-electron chi connectivity index (χ4n) is 4.58. The Balaban J connectivity index is 0. The molecule has 0 aliphatic heterocycles. The average Bonchev–Trinajstić information content (AvgIpc) is 2.78. The predicted molar refractivity (Wildman–Crippen MR) is 154 cm³/mol. The van der Waals surface area contributed by atoms with Gasteiger partial charge in [0.15, 0.2) is 0 Å². The van der Waals surface area contributed by atoms with E-state index in [9.17, 15) is 0 Å². The molecule has 0 aliphatic rings. The van der Waals surface area contributed by atoms with Gasteiger partial charge in [-0.2, -0.15) is 0 Å². The Hall–Kier alpha value is 0.798. The summed E-state index contributed by atoms with van der Waals surface area (Å²) in [7, 11) is 0. The summed E-state index contributed by atoms with van der Waals surface area (Å²) in [4.78, 5) is 2.29. The Morgan fingerprint density at radius 2 is 0.667 bits per heavy atom. The molecular weight excluding hydrogens is 522 g/mol. The fraction of sp³-hybridized carbons (Fsp3) is 0.966. The quantitative estimate of drug-likeness (QED) is 0.0434. The van der Waals surface area contributed by atoms with Crippen LogP contribution in [0.15, 0.2) is 0 Å². The monoisotopic (exact) mass is 582 g/mol. The maximum atomic E-state index is 5.33. The van der Waals surface area contributed by atoms with Crippen molar-refractivity contribution in [2.75, 3.05) is 13.1 Å². The van der Waals surface area contributed by atoms with Crippen LogP contribution < -0.4 is 0 Å². The molecule has 198 valence electrons. The van der Waals surface area contributed by atoms with Crippen LogP contribution in [0.25, 0.3) is 0 Å². The molecule has 0 saturated heterocycles. The van der Waals surface area contributed by atoms with Gasteiger partial charge in [0.1, 0.15) is 0 Å². The molecule has 0 aromatic carbocycles. The Morgan fingerprint density at radius 1 is 0.455 bits per heavy atom. The normalized spacial score (nSPS) is 10.8. The van der Waals surface area contributed by atoms with Gasteiger partial charge in [-0.1, -0.05) is 159 Å². The molecule has 0 atom stereocenters. The van der Waals surface area contributed by atoms with Crippen molar-refractivity contribution in [3.8, 4) is 0 Å². The summed E-state index contributed by atoms with van der Waals surface area (Å²) >= 11 is 10.7. The maximum Gasteiger partial charge on any atom is 0.0162 e. The first-order chi connectivity index (χ1) is 15.7. The maximum absolute atomic E-state index is 5.33. The SMILES string of the molecule is CCCCCCCCCCCCCCCCN(CCCCCCCCCCCC)C(=S)[S-].[Mo]. The molecule has 4 heteroatoms. The Labute approximate surface area is 235 Å². The van der Waals surface area contributed by atoms with Gasteiger partial charge in [0.25, 0.3) is 0 Å². The molecule has 0 fully saturated rings. The van der Waals surface area contributed by atoms with E-state index in [0.29, 0.717) is 4.32 Å². The molecule has 0 unspecified atom stereocenters. The van der Waals surface area contributed by atoms with Crippen LogP contribution in [-0.4, -0.2) is 22.3 Å². The molecule has 0 aromatic heterocycles. The number of rotatable bonds is 26. The van der Waals surface area contributed by atoms with Gasteiger partial charge >= 0.3 is 0 Å². The van der Waals surface area contributed by atoms with Crippen molar-refractivity contribution in [3.05, 3.63) is 0 Å². The number of hydrogen-bond donors (Lipinski definition) is 0. The first-order valence-electron chi connectivity index (χ1n) is 14.7. The second kappa shape index (κ2) is 30.8. The third kappa shape index (κ3) is 28.9. The summed E-state index contributed by atoms with van der Waals surface area (Å²) in [6.07, 6.45) is 33.6. The van der Waals surface area contributed by atoms with E-state index in [2.05, 4.69) is 18.7 Å². The number of unbranched alkanes of at least 4 members (excludes halogenated alkanes) is 22. The van der Waals surface area contributed by atoms with E-state index in [-0.39, 0.29) is 21.1 Å². The topological polar surface area (TPSA) is 3.24 Å². The summed E-state index contributed by atoms with van der Waals surface area (Å²) in [5, 5.41) is 0. The van der Waals surface area contributed by atoms with Crippen LogP contribution in [0.5, 0.6) is 0 Å². The van der Waals surface area contributed by atoms with Crippen molar-refractivity contribution < 1.29 is 21.1 Å². The van der Waals surface area contributed by atoms with Crippen LogP contribution in [-0.2, 0) is 33.7 Å². The third-order valence-corrected chi connectivity index (χ3v) is 7.34. The molecule has 0 spiro atoms. The molecule has 0 aliphatic carbocycles. The van der Waals surface area contributed by atoms with Crippen LogP contribution in [0.1, 0.15) is 168 Å². The number of hydrogen-bond acceptors (Lipinski definition) is 2. The number of nitrogens with zero attached hydrogens (tertiary/aromatic N) is 1. The van der Waals surface area contributed by atoms with Gasteiger partial charge in [0.2, 0.25) is 0 Å². The van der Waals surface area contributed by atoms with Crippen molar-refractivity contribution in [1.29, 1.82) is 0 Å². The Morgan fingerprint density at radius 3 is 0.879 bits per heavy atom. The van der Waals surface area contributed by atoms with Gasteiger partial charge in [-0.25, -0.2) is 0 Å². The van der Waals surface area contributed by atoms with Crippen LogP contribution >= 0.6 is 12.2 Å². The zero-order chi connectivity index (χ0) is 23.5. The summed E-state index contributed by atoms with van der Waals surface area (Å²) in [6, 6.07) is 0. The molecule has 0 N–H and O–H groups in total. The molecule has 0 heterocycles. The fourth-order valence-corrected chi connectivity index (χ4v) is 4.95. The van der Waals surface area contributed by atoms with Crippen LogP contribution in [0.3, 0.4) is 0 Å². The largest absolute Gasteiger partial charge is 0.411 e. The van der Waals surface area contributed by atoms with Crippen molar-refractivity contribution in [1.82, 2.24) is 4.90 Å². The van der Waals surface area contributed by atoms with Crippen molar-refractivity contribution in [2.45, 2.75) is 168 Å². The van der Waals surface area contributed by atoms with E-state index >= 15 is 0 Å². The average molecular weight is 581 g/mol. The van der Waals surface area contributed by atoms with Gasteiger partial charge in [-0.3, -0.25) is 0 Å². The number of thiocarbonyl (C=S) groups is 1. The van der Waals surface area contributed by atoms with E-state index in [0.717, 1.165) is 13.1 Å². The molecular formula is C29H58MoNS2-. The van der Waals surface area contributed by atoms with Crippen molar-refractivity contribution >= 4 is 29.2 Å². The van der Waals surface area contributed by atoms with Crippen molar-refractivity contribution in [2.24, 2.45) is 0 Å². The third-order valence-electron chi connectivity index (χ3n) is 6.82. The van der Waals surface area contributed by atoms with Crippen molar-refractivity contribution in [3.63, 3.8) is 0 Å². The first-order valence-corrected chi connectivity index (χ1v) is 15.5. The summed E-state index contributed by atoms with van der Waals surface area (Å²) in [5.74, 6) is 0. The summed E-state index contributed by atoms with van der Waals surface area (Å²) < 4.78 is 0.690. The van der Waals surface area contributed by atoms with E-state index in [4.69, 9.17) is 24.8 Å². The summed E-state index contributed by atoms with van der Waals surface area (Å²) in [6.45, 7) is 6.75. The minimum Gasteiger partial charge on any atom is -0.411 e. The van der Waals surface area contributed by atoms with E-state index < -0.39 is 0 Å². The van der Waals surface area contributed by atoms with Crippen LogP contribution in [0.4, 0.5) is 0 Å². The molecule has 1 nitrogen and oxygen atoms in total. The van der Waals surface area contributed by atoms with E-state index in [1.807, 2.05) is 0 Å². The first kappa shape index (κ1) is 36.0. The standard InChI is InChI=1S/C29H59NS2.Mo/c1-3-5-7-9-11-13-15-16-17-18-20-22-24-26-28-30(29(31)32)27-25-23-21-19-14-12-10-8-6-4-2;/h3-28H2,1-2H3,(H,31,32);/p-1. The van der Waals surface area contributed by atoms with Gasteiger partial charge in [0.05, 0.1) is 0 Å². The molecule has 0 rings (SSSR count). The van der Waals surface area contributed by atoms with Gasteiger partial charge in [-0.05, 0) is 12.8 Å². The van der Waals surface area contributed by atoms with Crippen LogP contribution in [0.2, 0.25) is 0 Å². The van der Waals surface area contributed by atoms with Gasteiger partial charge in [-0.15, -0.1) is 0 Å². The Bertz CT molecular complexity index is 379. The second-order valence-electron chi connectivity index (χ2n) is 10.0. The smallest absolute Gasteiger partial charge is 0.0162 e. The molecule has 0 bridgehead atoms. The zero-order valence-corrected chi connectivity index (χ0v) is 26.2. The van der Waals surface area contributed by atoms with Crippen LogP contribution in [0, 0.1) is 0 Å². The molecule has 0 radical (unpaired) electrons. The Kier molecular flexibility index (Phi) is 33.6. The van der Waals surface area contributed by atoms with E-state index in [1.54, 1.807) is 0 Å². The summed E-state index contributed by atoms with van der Waals surface area (Å²) in [5.41, 5.74) is 0. The predicted octanol–water partition coefficient (Wildman–Crippen LogP) is 10.5. The van der Waals surface area contributed by atoms with E-state index in [1.165, 1.54) is 154 Å².